The van der Waals surface area contributed by atoms with Crippen molar-refractivity contribution in [1.82, 2.24) is 0 Å². The second-order valence-electron chi connectivity index (χ2n) is 4.21. The molecule has 1 amide bonds. The summed E-state index contributed by atoms with van der Waals surface area (Å²) >= 11 is 5.67. The van der Waals surface area contributed by atoms with E-state index < -0.39 is 0 Å². The minimum absolute atomic E-state index is 0.0454. The first-order chi connectivity index (χ1) is 9.24. The Hall–Kier alpha value is -1.74. The van der Waals surface area contributed by atoms with Crippen LogP contribution in [0.2, 0.25) is 0 Å². The lowest BCUT2D eigenvalue weighted by Crippen LogP contribution is -2.31. The number of rotatable bonds is 5. The largest absolute Gasteiger partial charge is 0.467 e. The van der Waals surface area contributed by atoms with E-state index in [1.807, 2.05) is 30.3 Å². The van der Waals surface area contributed by atoms with Crippen molar-refractivity contribution in [2.24, 2.45) is 0 Å². The van der Waals surface area contributed by atoms with E-state index in [4.69, 9.17) is 16.0 Å². The molecule has 0 bridgehead atoms. The standard InChI is InChI=1S/C15H16ClNO2/c1-2-12-5-7-13(8-6-12)17(15(18)10-16)11-14-4-3-9-19-14/h3-9H,2,10-11H2,1H3. The fourth-order valence-corrected chi connectivity index (χ4v) is 2.01. The topological polar surface area (TPSA) is 33.5 Å². The van der Waals surface area contributed by atoms with Gasteiger partial charge in [0.2, 0.25) is 5.91 Å². The molecule has 0 spiro atoms. The quantitative estimate of drug-likeness (QED) is 0.782. The molecule has 0 saturated carbocycles. The molecule has 0 radical (unpaired) electrons. The molecule has 1 aromatic heterocycles. The van der Waals surface area contributed by atoms with Crippen LogP contribution in [0.15, 0.2) is 47.1 Å². The van der Waals surface area contributed by atoms with Crippen LogP contribution in [0.1, 0.15) is 18.2 Å². The number of hydrogen-bond acceptors (Lipinski definition) is 2. The average molecular weight is 278 g/mol. The van der Waals surface area contributed by atoms with Crippen LogP contribution in [-0.2, 0) is 17.8 Å². The van der Waals surface area contributed by atoms with Crippen molar-refractivity contribution in [1.29, 1.82) is 0 Å². The normalized spacial score (nSPS) is 10.4. The van der Waals surface area contributed by atoms with Crippen molar-refractivity contribution in [2.45, 2.75) is 19.9 Å². The van der Waals surface area contributed by atoms with Crippen LogP contribution in [0.4, 0.5) is 5.69 Å². The van der Waals surface area contributed by atoms with Crippen LogP contribution in [0.5, 0.6) is 0 Å². The third-order valence-corrected chi connectivity index (χ3v) is 3.19. The van der Waals surface area contributed by atoms with E-state index >= 15 is 0 Å². The van der Waals surface area contributed by atoms with Gasteiger partial charge in [-0.25, -0.2) is 0 Å². The second kappa shape index (κ2) is 6.43. The van der Waals surface area contributed by atoms with Gasteiger partial charge in [0.1, 0.15) is 11.6 Å². The Labute approximate surface area is 117 Å². The Bertz CT molecular complexity index is 520. The summed E-state index contributed by atoms with van der Waals surface area (Å²) in [6, 6.07) is 11.6. The van der Waals surface area contributed by atoms with Crippen LogP contribution in [0.3, 0.4) is 0 Å². The molecule has 2 rings (SSSR count). The molecule has 1 aromatic carbocycles. The smallest absolute Gasteiger partial charge is 0.242 e. The van der Waals surface area contributed by atoms with Gasteiger partial charge < -0.3 is 9.32 Å². The fourth-order valence-electron chi connectivity index (χ4n) is 1.87. The molecule has 100 valence electrons. The second-order valence-corrected chi connectivity index (χ2v) is 4.48. The molecule has 4 heteroatoms. The molecule has 19 heavy (non-hydrogen) atoms. The Balaban J connectivity index is 2.23. The maximum Gasteiger partial charge on any atom is 0.242 e. The minimum atomic E-state index is -0.137. The number of benzene rings is 1. The molecule has 0 fully saturated rings. The summed E-state index contributed by atoms with van der Waals surface area (Å²) in [6.45, 7) is 2.49. The molecular formula is C15H16ClNO2. The lowest BCUT2D eigenvalue weighted by atomic mass is 10.1. The number of carbonyl (C=O) groups is 1. The molecular weight excluding hydrogens is 262 g/mol. The van der Waals surface area contributed by atoms with Gasteiger partial charge >= 0.3 is 0 Å². The number of anilines is 1. The summed E-state index contributed by atoms with van der Waals surface area (Å²) in [5.74, 6) is 0.552. The Kier molecular flexibility index (Phi) is 4.63. The molecule has 2 aromatic rings. The molecule has 3 nitrogen and oxygen atoms in total. The molecule has 0 saturated heterocycles. The van der Waals surface area contributed by atoms with Gasteiger partial charge in [-0.3, -0.25) is 4.79 Å². The molecule has 0 N–H and O–H groups in total. The van der Waals surface area contributed by atoms with Crippen LogP contribution in [0.25, 0.3) is 0 Å². The van der Waals surface area contributed by atoms with Crippen molar-refractivity contribution in [2.75, 3.05) is 10.8 Å². The van der Waals surface area contributed by atoms with Crippen LogP contribution in [0, 0.1) is 0 Å². The fraction of sp³-hybridized carbons (Fsp3) is 0.267. The van der Waals surface area contributed by atoms with Gasteiger partial charge in [-0.1, -0.05) is 19.1 Å². The summed E-state index contributed by atoms with van der Waals surface area (Å²) in [5.41, 5.74) is 2.07. The number of carbonyl (C=O) groups excluding carboxylic acids is 1. The van der Waals surface area contributed by atoms with Gasteiger partial charge in [0.05, 0.1) is 12.8 Å². The summed E-state index contributed by atoms with van der Waals surface area (Å²) in [6.07, 6.45) is 2.57. The number of halogens is 1. The van der Waals surface area contributed by atoms with Crippen LogP contribution >= 0.6 is 11.6 Å². The molecule has 0 unspecified atom stereocenters. The van der Waals surface area contributed by atoms with Crippen LogP contribution in [-0.4, -0.2) is 11.8 Å². The summed E-state index contributed by atoms with van der Waals surface area (Å²) in [4.78, 5) is 13.6. The SMILES string of the molecule is CCc1ccc(N(Cc2ccco2)C(=O)CCl)cc1. The van der Waals surface area contributed by atoms with E-state index in [0.717, 1.165) is 17.9 Å². The van der Waals surface area contributed by atoms with Gasteiger partial charge in [0.25, 0.3) is 0 Å². The molecule has 0 aliphatic carbocycles. The highest BCUT2D eigenvalue weighted by molar-refractivity contribution is 6.29. The number of nitrogens with zero attached hydrogens (tertiary/aromatic N) is 1. The first-order valence-corrected chi connectivity index (χ1v) is 6.75. The van der Waals surface area contributed by atoms with E-state index in [1.165, 1.54) is 5.56 Å². The number of alkyl halides is 1. The maximum atomic E-state index is 11.9. The zero-order chi connectivity index (χ0) is 13.7. The lowest BCUT2D eigenvalue weighted by Gasteiger charge is -2.21. The highest BCUT2D eigenvalue weighted by atomic mass is 35.5. The van der Waals surface area contributed by atoms with Gasteiger partial charge in [0, 0.05) is 5.69 Å². The minimum Gasteiger partial charge on any atom is -0.467 e. The molecule has 0 aliphatic rings. The summed E-state index contributed by atoms with van der Waals surface area (Å²) in [5, 5.41) is 0. The van der Waals surface area contributed by atoms with Gasteiger partial charge in [-0.15, -0.1) is 11.6 Å². The first kappa shape index (κ1) is 13.7. The maximum absolute atomic E-state index is 11.9. The Morgan fingerprint density at radius 3 is 2.53 bits per heavy atom. The zero-order valence-electron chi connectivity index (χ0n) is 10.8. The molecule has 0 aliphatic heterocycles. The Morgan fingerprint density at radius 2 is 2.00 bits per heavy atom. The molecule has 0 atom stereocenters. The number of aryl methyl sites for hydroxylation is 1. The zero-order valence-corrected chi connectivity index (χ0v) is 11.6. The third kappa shape index (κ3) is 3.38. The third-order valence-electron chi connectivity index (χ3n) is 2.97. The predicted molar refractivity (Wildman–Crippen MR) is 76.4 cm³/mol. The highest BCUT2D eigenvalue weighted by Gasteiger charge is 2.16. The summed E-state index contributed by atoms with van der Waals surface area (Å²) in [7, 11) is 0. The van der Waals surface area contributed by atoms with Crippen molar-refractivity contribution in [3.05, 3.63) is 54.0 Å². The van der Waals surface area contributed by atoms with Crippen molar-refractivity contribution in [3.63, 3.8) is 0 Å². The monoisotopic (exact) mass is 277 g/mol. The first-order valence-electron chi connectivity index (χ1n) is 6.22. The lowest BCUT2D eigenvalue weighted by molar-refractivity contribution is -0.116. The van der Waals surface area contributed by atoms with Crippen molar-refractivity contribution >= 4 is 23.2 Å². The van der Waals surface area contributed by atoms with E-state index in [0.29, 0.717) is 6.54 Å². The van der Waals surface area contributed by atoms with Crippen molar-refractivity contribution < 1.29 is 9.21 Å². The van der Waals surface area contributed by atoms with Gasteiger partial charge in [-0.2, -0.15) is 0 Å². The number of amides is 1. The number of hydrogen-bond donors (Lipinski definition) is 0. The Morgan fingerprint density at radius 1 is 1.26 bits per heavy atom. The van der Waals surface area contributed by atoms with Crippen molar-refractivity contribution in [3.8, 4) is 0 Å². The van der Waals surface area contributed by atoms with Gasteiger partial charge in [-0.05, 0) is 36.2 Å². The van der Waals surface area contributed by atoms with E-state index in [2.05, 4.69) is 6.92 Å². The van der Waals surface area contributed by atoms with Crippen LogP contribution < -0.4 is 4.90 Å². The van der Waals surface area contributed by atoms with E-state index in [1.54, 1.807) is 17.2 Å². The van der Waals surface area contributed by atoms with E-state index in [-0.39, 0.29) is 11.8 Å². The number of furan rings is 1. The van der Waals surface area contributed by atoms with Gasteiger partial charge in [0.15, 0.2) is 0 Å². The summed E-state index contributed by atoms with van der Waals surface area (Å²) < 4.78 is 5.29. The highest BCUT2D eigenvalue weighted by Crippen LogP contribution is 2.19. The predicted octanol–water partition coefficient (Wildman–Crippen LogP) is 3.61. The van der Waals surface area contributed by atoms with E-state index in [9.17, 15) is 4.79 Å². The average Bonchev–Trinajstić information content (AvgIpc) is 2.97. The molecule has 1 heterocycles.